The van der Waals surface area contributed by atoms with E-state index in [1.165, 1.54) is 0 Å². The molecule has 2 N–H and O–H groups in total. The van der Waals surface area contributed by atoms with Gasteiger partial charge in [-0.1, -0.05) is 28.1 Å². The Hall–Kier alpha value is -2.34. The summed E-state index contributed by atoms with van der Waals surface area (Å²) < 4.78 is 6.61. The van der Waals surface area contributed by atoms with E-state index in [0.29, 0.717) is 11.4 Å². The molecule has 0 saturated heterocycles. The van der Waals surface area contributed by atoms with Gasteiger partial charge < -0.3 is 10.1 Å². The lowest BCUT2D eigenvalue weighted by molar-refractivity contribution is -0.118. The van der Waals surface area contributed by atoms with Crippen molar-refractivity contribution in [1.29, 1.82) is 0 Å². The fourth-order valence-corrected chi connectivity index (χ4v) is 2.72. The van der Waals surface area contributed by atoms with Crippen molar-refractivity contribution in [3.63, 3.8) is 0 Å². The number of nitrogens with zero attached hydrogens (tertiary/aromatic N) is 1. The first-order valence-corrected chi connectivity index (χ1v) is 7.96. The van der Waals surface area contributed by atoms with Crippen molar-refractivity contribution < 1.29 is 9.53 Å². The molecule has 118 valence electrons. The average molecular weight is 374 g/mol. The molecule has 0 unspecified atom stereocenters. The minimum Gasteiger partial charge on any atom is -0.484 e. The highest BCUT2D eigenvalue weighted by Gasteiger charge is 2.10. The first-order valence-electron chi connectivity index (χ1n) is 7.16. The van der Waals surface area contributed by atoms with Gasteiger partial charge in [-0.25, -0.2) is 0 Å². The lowest BCUT2D eigenvalue weighted by Gasteiger charge is -2.08. The molecule has 0 aliphatic rings. The third-order valence-corrected chi connectivity index (χ3v) is 4.03. The standard InChI is InChI=1S/C17H16BrN3O2/c1-10-17(11(2)21-20-10)19-16(22)9-23-15-6-4-12-7-14(18)5-3-13(12)8-15/h3-8H,9H2,1-2H3,(H,19,22)(H,20,21). The number of hydrogen-bond acceptors (Lipinski definition) is 3. The molecule has 0 spiro atoms. The number of amides is 1. The number of halogens is 1. The van der Waals surface area contributed by atoms with Gasteiger partial charge in [0.25, 0.3) is 5.91 Å². The van der Waals surface area contributed by atoms with Crippen LogP contribution in [-0.2, 0) is 4.79 Å². The van der Waals surface area contributed by atoms with Crippen LogP contribution >= 0.6 is 15.9 Å². The van der Waals surface area contributed by atoms with E-state index in [2.05, 4.69) is 31.4 Å². The predicted octanol–water partition coefficient (Wildman–Crippen LogP) is 3.96. The van der Waals surface area contributed by atoms with Gasteiger partial charge in [0, 0.05) is 4.47 Å². The van der Waals surface area contributed by atoms with Gasteiger partial charge >= 0.3 is 0 Å². The number of rotatable bonds is 4. The number of nitrogens with one attached hydrogen (secondary N) is 2. The van der Waals surface area contributed by atoms with E-state index in [1.807, 2.05) is 50.2 Å². The van der Waals surface area contributed by atoms with Crippen LogP contribution in [-0.4, -0.2) is 22.7 Å². The van der Waals surface area contributed by atoms with E-state index < -0.39 is 0 Å². The summed E-state index contributed by atoms with van der Waals surface area (Å²) in [6.07, 6.45) is 0. The minimum atomic E-state index is -0.214. The van der Waals surface area contributed by atoms with Crippen molar-refractivity contribution >= 4 is 38.3 Å². The van der Waals surface area contributed by atoms with E-state index >= 15 is 0 Å². The molecule has 0 aliphatic carbocycles. The molecule has 1 heterocycles. The van der Waals surface area contributed by atoms with Gasteiger partial charge in [-0.2, -0.15) is 5.10 Å². The van der Waals surface area contributed by atoms with Gasteiger partial charge in [-0.15, -0.1) is 0 Å². The molecule has 5 nitrogen and oxygen atoms in total. The maximum Gasteiger partial charge on any atom is 0.262 e. The number of ether oxygens (including phenoxy) is 1. The molecule has 3 aromatic rings. The summed E-state index contributed by atoms with van der Waals surface area (Å²) in [4.78, 5) is 12.0. The highest BCUT2D eigenvalue weighted by Crippen LogP contribution is 2.24. The van der Waals surface area contributed by atoms with Gasteiger partial charge in [0.2, 0.25) is 0 Å². The number of aromatic nitrogens is 2. The van der Waals surface area contributed by atoms with Gasteiger partial charge in [-0.05, 0) is 48.9 Å². The van der Waals surface area contributed by atoms with Crippen LogP contribution < -0.4 is 10.1 Å². The third kappa shape index (κ3) is 3.53. The number of anilines is 1. The van der Waals surface area contributed by atoms with Crippen molar-refractivity contribution in [3.8, 4) is 5.75 Å². The fourth-order valence-electron chi connectivity index (χ4n) is 2.34. The molecule has 3 rings (SSSR count). The lowest BCUT2D eigenvalue weighted by atomic mass is 10.1. The first-order chi connectivity index (χ1) is 11.0. The van der Waals surface area contributed by atoms with E-state index in [9.17, 15) is 4.79 Å². The molecule has 2 aromatic carbocycles. The summed E-state index contributed by atoms with van der Waals surface area (Å²) in [6.45, 7) is 3.64. The molecular formula is C17H16BrN3O2. The van der Waals surface area contributed by atoms with Crippen LogP contribution in [0, 0.1) is 13.8 Å². The molecule has 0 atom stereocenters. The van der Waals surface area contributed by atoms with Crippen molar-refractivity contribution in [1.82, 2.24) is 10.2 Å². The smallest absolute Gasteiger partial charge is 0.262 e. The van der Waals surface area contributed by atoms with E-state index in [0.717, 1.165) is 26.6 Å². The zero-order valence-electron chi connectivity index (χ0n) is 12.8. The summed E-state index contributed by atoms with van der Waals surface area (Å²) in [5.41, 5.74) is 2.29. The number of benzene rings is 2. The minimum absolute atomic E-state index is 0.0495. The summed E-state index contributed by atoms with van der Waals surface area (Å²) >= 11 is 3.45. The zero-order valence-corrected chi connectivity index (χ0v) is 14.4. The summed E-state index contributed by atoms with van der Waals surface area (Å²) in [6, 6.07) is 11.8. The Morgan fingerprint density at radius 2 is 1.96 bits per heavy atom. The second-order valence-electron chi connectivity index (χ2n) is 5.30. The van der Waals surface area contributed by atoms with Crippen LogP contribution in [0.3, 0.4) is 0 Å². The predicted molar refractivity (Wildman–Crippen MR) is 93.8 cm³/mol. The number of aromatic amines is 1. The van der Waals surface area contributed by atoms with Crippen LogP contribution in [0.5, 0.6) is 5.75 Å². The van der Waals surface area contributed by atoms with Crippen LogP contribution in [0.4, 0.5) is 5.69 Å². The molecule has 1 amide bonds. The Morgan fingerprint density at radius 1 is 1.22 bits per heavy atom. The maximum atomic E-state index is 12.0. The monoisotopic (exact) mass is 373 g/mol. The average Bonchev–Trinajstić information content (AvgIpc) is 2.84. The summed E-state index contributed by atoms with van der Waals surface area (Å²) in [7, 11) is 0. The summed E-state index contributed by atoms with van der Waals surface area (Å²) in [5.74, 6) is 0.448. The fraction of sp³-hybridized carbons (Fsp3) is 0.176. The van der Waals surface area contributed by atoms with Crippen molar-refractivity contribution in [2.75, 3.05) is 11.9 Å². The Morgan fingerprint density at radius 3 is 2.70 bits per heavy atom. The molecule has 0 fully saturated rings. The van der Waals surface area contributed by atoms with Crippen LogP contribution in [0.25, 0.3) is 10.8 Å². The Balaban J connectivity index is 1.66. The molecular weight excluding hydrogens is 358 g/mol. The normalized spacial score (nSPS) is 10.7. The van der Waals surface area contributed by atoms with Gasteiger partial charge in [0.15, 0.2) is 6.61 Å². The van der Waals surface area contributed by atoms with E-state index in [4.69, 9.17) is 4.74 Å². The number of aryl methyl sites for hydroxylation is 2. The second-order valence-corrected chi connectivity index (χ2v) is 6.21. The molecule has 0 saturated carbocycles. The van der Waals surface area contributed by atoms with Crippen LogP contribution in [0.2, 0.25) is 0 Å². The zero-order chi connectivity index (χ0) is 16.4. The van der Waals surface area contributed by atoms with E-state index in [-0.39, 0.29) is 12.5 Å². The molecule has 1 aromatic heterocycles. The van der Waals surface area contributed by atoms with Crippen molar-refractivity contribution in [3.05, 3.63) is 52.3 Å². The van der Waals surface area contributed by atoms with Gasteiger partial charge in [0.1, 0.15) is 5.75 Å². The van der Waals surface area contributed by atoms with E-state index in [1.54, 1.807) is 0 Å². The van der Waals surface area contributed by atoms with Crippen molar-refractivity contribution in [2.24, 2.45) is 0 Å². The maximum absolute atomic E-state index is 12.0. The van der Waals surface area contributed by atoms with Crippen LogP contribution in [0.1, 0.15) is 11.4 Å². The van der Waals surface area contributed by atoms with Crippen LogP contribution in [0.15, 0.2) is 40.9 Å². The highest BCUT2D eigenvalue weighted by molar-refractivity contribution is 9.10. The number of carbonyl (C=O) groups is 1. The Bertz CT molecular complexity index is 854. The number of H-pyrrole nitrogens is 1. The molecule has 0 radical (unpaired) electrons. The first kappa shape index (κ1) is 15.6. The second kappa shape index (κ2) is 6.42. The van der Waals surface area contributed by atoms with Crippen molar-refractivity contribution in [2.45, 2.75) is 13.8 Å². The Labute approximate surface area is 142 Å². The number of carbonyl (C=O) groups excluding carboxylic acids is 1. The molecule has 23 heavy (non-hydrogen) atoms. The van der Waals surface area contributed by atoms with Gasteiger partial charge in [-0.3, -0.25) is 9.89 Å². The number of hydrogen-bond donors (Lipinski definition) is 2. The number of fused-ring (bicyclic) bond motifs is 1. The SMILES string of the molecule is Cc1n[nH]c(C)c1NC(=O)COc1ccc2cc(Br)ccc2c1. The topological polar surface area (TPSA) is 67.0 Å². The largest absolute Gasteiger partial charge is 0.484 e. The van der Waals surface area contributed by atoms with Gasteiger partial charge in [0.05, 0.1) is 17.1 Å². The molecule has 0 aliphatic heterocycles. The summed E-state index contributed by atoms with van der Waals surface area (Å²) in [5, 5.41) is 11.9. The third-order valence-electron chi connectivity index (χ3n) is 3.54. The molecule has 0 bridgehead atoms. The Kier molecular flexibility index (Phi) is 4.34. The lowest BCUT2D eigenvalue weighted by Crippen LogP contribution is -2.20. The quantitative estimate of drug-likeness (QED) is 0.727. The highest BCUT2D eigenvalue weighted by atomic mass is 79.9. The molecule has 6 heteroatoms.